The Morgan fingerprint density at radius 2 is 1.91 bits per heavy atom. The first kappa shape index (κ1) is 10.1. The molecule has 0 fully saturated rings. The second-order valence-corrected chi connectivity index (χ2v) is 3.15. The molecule has 0 bridgehead atoms. The topological polar surface area (TPSA) is 32.7 Å². The summed E-state index contributed by atoms with van der Waals surface area (Å²) in [6.07, 6.45) is 1.65. The van der Waals surface area contributed by atoms with Crippen LogP contribution in [0.4, 0.5) is 0 Å². The van der Waals surface area contributed by atoms with Crippen LogP contribution in [0.15, 0.2) is 4.99 Å². The molecule has 3 nitrogen and oxygen atoms in total. The van der Waals surface area contributed by atoms with Gasteiger partial charge < -0.3 is 4.90 Å². The third-order valence-electron chi connectivity index (χ3n) is 1.38. The molecule has 64 valence electrons. The molecular weight excluding hydrogens is 140 g/mol. The molecule has 0 aliphatic rings. The van der Waals surface area contributed by atoms with Gasteiger partial charge in [-0.15, -0.1) is 0 Å². The van der Waals surface area contributed by atoms with Crippen LogP contribution in [0.2, 0.25) is 0 Å². The summed E-state index contributed by atoms with van der Waals surface area (Å²) in [5.41, 5.74) is -0.613. The van der Waals surface area contributed by atoms with Gasteiger partial charge in [0.05, 0.1) is 0 Å². The molecule has 11 heavy (non-hydrogen) atoms. The normalized spacial score (nSPS) is 12.1. The first-order valence-electron chi connectivity index (χ1n) is 3.63. The number of amides is 1. The Hall–Kier alpha value is -0.860. The molecule has 0 unspecified atom stereocenters. The fourth-order valence-corrected chi connectivity index (χ4v) is 0.925. The van der Waals surface area contributed by atoms with Crippen LogP contribution in [-0.2, 0) is 4.79 Å². The molecule has 0 aliphatic carbocycles. The zero-order valence-corrected chi connectivity index (χ0v) is 7.88. The second-order valence-electron chi connectivity index (χ2n) is 3.15. The van der Waals surface area contributed by atoms with Gasteiger partial charge in [0.2, 0.25) is 5.91 Å². The number of nitrogens with zero attached hydrogens (tertiary/aromatic N) is 2. The maximum Gasteiger partial charge on any atom is 0.249 e. The van der Waals surface area contributed by atoms with Gasteiger partial charge in [-0.2, -0.15) is 0 Å². The van der Waals surface area contributed by atoms with Crippen LogP contribution >= 0.6 is 0 Å². The van der Waals surface area contributed by atoms with Crippen molar-refractivity contribution in [2.45, 2.75) is 26.3 Å². The van der Waals surface area contributed by atoms with E-state index in [2.05, 4.69) is 4.99 Å². The van der Waals surface area contributed by atoms with E-state index in [0.29, 0.717) is 0 Å². The molecule has 0 saturated carbocycles. The van der Waals surface area contributed by atoms with Crippen LogP contribution in [0.3, 0.4) is 0 Å². The molecule has 0 spiro atoms. The lowest BCUT2D eigenvalue weighted by Gasteiger charge is -2.22. The quantitative estimate of drug-likeness (QED) is 0.548. The maximum atomic E-state index is 11.4. The first-order valence-corrected chi connectivity index (χ1v) is 3.63. The van der Waals surface area contributed by atoms with E-state index in [-0.39, 0.29) is 5.91 Å². The zero-order chi connectivity index (χ0) is 9.07. The van der Waals surface area contributed by atoms with Crippen molar-refractivity contribution < 1.29 is 4.79 Å². The van der Waals surface area contributed by atoms with Gasteiger partial charge in [-0.1, -0.05) is 0 Å². The van der Waals surface area contributed by atoms with Gasteiger partial charge in [0.1, 0.15) is 5.54 Å². The second kappa shape index (κ2) is 3.51. The summed E-state index contributed by atoms with van der Waals surface area (Å²) < 4.78 is 0. The fraction of sp³-hybridized carbons (Fsp3) is 0.750. The number of aliphatic imine (C=N–C) groups is 1. The van der Waals surface area contributed by atoms with Crippen molar-refractivity contribution in [1.82, 2.24) is 4.90 Å². The SMILES string of the molecule is C/C=N\C(C)(C)C(=O)N(C)C. The lowest BCUT2D eigenvalue weighted by Crippen LogP contribution is -2.39. The fourth-order valence-electron chi connectivity index (χ4n) is 0.925. The molecular formula is C8H16N2O. The highest BCUT2D eigenvalue weighted by Crippen LogP contribution is 2.10. The summed E-state index contributed by atoms with van der Waals surface area (Å²) in [5.74, 6) is 0.0237. The van der Waals surface area contributed by atoms with E-state index in [4.69, 9.17) is 0 Å². The van der Waals surface area contributed by atoms with E-state index in [9.17, 15) is 4.79 Å². The van der Waals surface area contributed by atoms with E-state index in [1.807, 2.05) is 6.92 Å². The Morgan fingerprint density at radius 1 is 1.45 bits per heavy atom. The molecule has 0 heterocycles. The number of carbonyl (C=O) groups excluding carboxylic acids is 1. The van der Waals surface area contributed by atoms with Crippen molar-refractivity contribution >= 4 is 12.1 Å². The highest BCUT2D eigenvalue weighted by Gasteiger charge is 2.26. The minimum atomic E-state index is -0.613. The van der Waals surface area contributed by atoms with E-state index in [1.54, 1.807) is 39.1 Å². The van der Waals surface area contributed by atoms with Gasteiger partial charge in [0.25, 0.3) is 0 Å². The van der Waals surface area contributed by atoms with Crippen molar-refractivity contribution in [3.05, 3.63) is 0 Å². The Morgan fingerprint density at radius 3 is 2.18 bits per heavy atom. The number of rotatable bonds is 2. The molecule has 0 rings (SSSR count). The monoisotopic (exact) mass is 156 g/mol. The molecule has 1 amide bonds. The van der Waals surface area contributed by atoms with E-state index in [0.717, 1.165) is 0 Å². The smallest absolute Gasteiger partial charge is 0.249 e. The summed E-state index contributed by atoms with van der Waals surface area (Å²) in [4.78, 5) is 17.0. The summed E-state index contributed by atoms with van der Waals surface area (Å²) in [6.45, 7) is 5.41. The zero-order valence-electron chi connectivity index (χ0n) is 7.88. The van der Waals surface area contributed by atoms with Crippen molar-refractivity contribution in [2.75, 3.05) is 14.1 Å². The van der Waals surface area contributed by atoms with Gasteiger partial charge in [-0.05, 0) is 27.0 Å². The average molecular weight is 156 g/mol. The van der Waals surface area contributed by atoms with Crippen LogP contribution in [-0.4, -0.2) is 36.7 Å². The molecule has 3 heteroatoms. The Balaban J connectivity index is 4.42. The Labute approximate surface area is 68.1 Å². The standard InChI is InChI=1S/C8H16N2O/c1-6-9-8(2,3)7(11)10(4)5/h6H,1-5H3/b9-6-. The summed E-state index contributed by atoms with van der Waals surface area (Å²) in [5, 5.41) is 0. The number of carbonyl (C=O) groups is 1. The minimum absolute atomic E-state index is 0.0237. The average Bonchev–Trinajstić information content (AvgIpc) is 1.86. The first-order chi connectivity index (χ1) is 4.91. The molecule has 0 aliphatic heterocycles. The molecule has 0 aromatic rings. The predicted octanol–water partition coefficient (Wildman–Crippen LogP) is 0.944. The molecule has 0 aromatic carbocycles. The molecule has 0 atom stereocenters. The highest BCUT2D eigenvalue weighted by atomic mass is 16.2. The lowest BCUT2D eigenvalue weighted by atomic mass is 10.1. The highest BCUT2D eigenvalue weighted by molar-refractivity contribution is 5.86. The van der Waals surface area contributed by atoms with Gasteiger partial charge >= 0.3 is 0 Å². The Kier molecular flexibility index (Phi) is 3.23. The summed E-state index contributed by atoms with van der Waals surface area (Å²) >= 11 is 0. The van der Waals surface area contributed by atoms with Gasteiger partial charge in [0, 0.05) is 14.1 Å². The molecule has 0 aromatic heterocycles. The predicted molar refractivity (Wildman–Crippen MR) is 46.9 cm³/mol. The number of hydrogen-bond acceptors (Lipinski definition) is 2. The van der Waals surface area contributed by atoms with Crippen LogP contribution in [0.25, 0.3) is 0 Å². The van der Waals surface area contributed by atoms with E-state index < -0.39 is 5.54 Å². The molecule has 0 radical (unpaired) electrons. The number of likely N-dealkylation sites (N-methyl/N-ethyl adjacent to an activating group) is 1. The number of hydrogen-bond donors (Lipinski definition) is 0. The maximum absolute atomic E-state index is 11.4. The largest absolute Gasteiger partial charge is 0.347 e. The lowest BCUT2D eigenvalue weighted by molar-refractivity contribution is -0.133. The van der Waals surface area contributed by atoms with Crippen LogP contribution in [0.1, 0.15) is 20.8 Å². The van der Waals surface area contributed by atoms with E-state index >= 15 is 0 Å². The summed E-state index contributed by atoms with van der Waals surface area (Å²) in [7, 11) is 3.46. The van der Waals surface area contributed by atoms with E-state index in [1.165, 1.54) is 0 Å². The van der Waals surface area contributed by atoms with Crippen LogP contribution in [0, 0.1) is 0 Å². The van der Waals surface area contributed by atoms with Gasteiger partial charge in [-0.3, -0.25) is 9.79 Å². The van der Waals surface area contributed by atoms with Crippen molar-refractivity contribution in [2.24, 2.45) is 4.99 Å². The van der Waals surface area contributed by atoms with Crippen LogP contribution < -0.4 is 0 Å². The molecule has 0 N–H and O–H groups in total. The third-order valence-corrected chi connectivity index (χ3v) is 1.38. The van der Waals surface area contributed by atoms with Crippen molar-refractivity contribution in [3.8, 4) is 0 Å². The van der Waals surface area contributed by atoms with Crippen molar-refractivity contribution in [1.29, 1.82) is 0 Å². The van der Waals surface area contributed by atoms with Gasteiger partial charge in [-0.25, -0.2) is 0 Å². The molecule has 0 saturated heterocycles. The van der Waals surface area contributed by atoms with Crippen LogP contribution in [0.5, 0.6) is 0 Å². The van der Waals surface area contributed by atoms with Gasteiger partial charge in [0.15, 0.2) is 0 Å². The minimum Gasteiger partial charge on any atom is -0.347 e. The third kappa shape index (κ3) is 2.70. The summed E-state index contributed by atoms with van der Waals surface area (Å²) in [6, 6.07) is 0. The Bertz CT molecular complexity index is 171. The van der Waals surface area contributed by atoms with Crippen molar-refractivity contribution in [3.63, 3.8) is 0 Å².